The van der Waals surface area contributed by atoms with Crippen molar-refractivity contribution in [1.29, 1.82) is 0 Å². The van der Waals surface area contributed by atoms with Crippen molar-refractivity contribution in [2.45, 2.75) is 20.3 Å². The second-order valence-corrected chi connectivity index (χ2v) is 2.70. The van der Waals surface area contributed by atoms with Gasteiger partial charge in [0.2, 0.25) is 6.79 Å². The number of rotatable bonds is 5. The number of hydrogen-bond acceptors (Lipinski definition) is 5. The number of carbonyl (C=O) groups excluding carboxylic acids is 2. The standard InChI is InChI=1S/C8H11F2NO4/c1-3-5(2)7(12)14-4-15-8(13)6(9)11-10/h5H,3-4H2,1-2H3/b11-6-. The molecule has 0 aromatic carbocycles. The van der Waals surface area contributed by atoms with Gasteiger partial charge in [-0.25, -0.2) is 4.79 Å². The van der Waals surface area contributed by atoms with Crippen LogP contribution in [0.2, 0.25) is 0 Å². The van der Waals surface area contributed by atoms with Crippen molar-refractivity contribution in [3.63, 3.8) is 0 Å². The highest BCUT2D eigenvalue weighted by Gasteiger charge is 2.15. The van der Waals surface area contributed by atoms with Gasteiger partial charge < -0.3 is 9.47 Å². The van der Waals surface area contributed by atoms with E-state index in [-0.39, 0.29) is 5.92 Å². The monoisotopic (exact) mass is 223 g/mol. The summed E-state index contributed by atoms with van der Waals surface area (Å²) in [4.78, 5) is 21.4. The minimum absolute atomic E-state index is 0.344. The Morgan fingerprint density at radius 3 is 2.47 bits per heavy atom. The van der Waals surface area contributed by atoms with Crippen molar-refractivity contribution >= 4 is 17.9 Å². The average Bonchev–Trinajstić information content (AvgIpc) is 2.26. The van der Waals surface area contributed by atoms with Crippen molar-refractivity contribution in [2.75, 3.05) is 6.79 Å². The van der Waals surface area contributed by atoms with E-state index in [4.69, 9.17) is 0 Å². The van der Waals surface area contributed by atoms with Gasteiger partial charge in [0, 0.05) is 0 Å². The summed E-state index contributed by atoms with van der Waals surface area (Å²) in [7, 11) is 0. The van der Waals surface area contributed by atoms with Crippen LogP contribution >= 0.6 is 0 Å². The van der Waals surface area contributed by atoms with E-state index in [1.807, 2.05) is 0 Å². The summed E-state index contributed by atoms with van der Waals surface area (Å²) in [5.41, 5.74) is 0. The fourth-order valence-corrected chi connectivity index (χ4v) is 0.544. The molecule has 0 bridgehead atoms. The molecule has 0 rings (SSSR count). The number of carbonyl (C=O) groups is 2. The minimum atomic E-state index is -1.92. The van der Waals surface area contributed by atoms with Crippen molar-refractivity contribution in [3.05, 3.63) is 0 Å². The molecule has 0 aromatic heterocycles. The molecule has 0 N–H and O–H groups in total. The van der Waals surface area contributed by atoms with Crippen LogP contribution in [-0.4, -0.2) is 24.7 Å². The number of halogens is 2. The molecule has 1 atom stereocenters. The number of ether oxygens (including phenoxy) is 2. The highest BCUT2D eigenvalue weighted by Crippen LogP contribution is 2.03. The Morgan fingerprint density at radius 1 is 1.40 bits per heavy atom. The Morgan fingerprint density at radius 2 is 2.00 bits per heavy atom. The Labute approximate surface area is 85.0 Å². The Hall–Kier alpha value is -1.53. The van der Waals surface area contributed by atoms with Crippen molar-refractivity contribution in [2.24, 2.45) is 11.1 Å². The van der Waals surface area contributed by atoms with Crippen molar-refractivity contribution < 1.29 is 27.9 Å². The molecule has 0 spiro atoms. The van der Waals surface area contributed by atoms with Crippen LogP contribution in [0, 0.1) is 5.92 Å². The van der Waals surface area contributed by atoms with E-state index in [0.717, 1.165) is 0 Å². The van der Waals surface area contributed by atoms with Gasteiger partial charge in [-0.05, 0) is 11.6 Å². The molecule has 0 amide bonds. The van der Waals surface area contributed by atoms with E-state index >= 15 is 0 Å². The fourth-order valence-electron chi connectivity index (χ4n) is 0.544. The van der Waals surface area contributed by atoms with Gasteiger partial charge in [0.1, 0.15) is 0 Å². The lowest BCUT2D eigenvalue weighted by molar-refractivity contribution is -0.166. The summed E-state index contributed by atoms with van der Waals surface area (Å²) in [6.45, 7) is 2.63. The minimum Gasteiger partial charge on any atom is -0.428 e. The molecular formula is C8H11F2NO4. The first-order valence-electron chi connectivity index (χ1n) is 4.21. The molecule has 7 heteroatoms. The highest BCUT2D eigenvalue weighted by atomic mass is 19.2. The van der Waals surface area contributed by atoms with Crippen LogP contribution < -0.4 is 0 Å². The molecule has 0 saturated heterocycles. The van der Waals surface area contributed by atoms with E-state index < -0.39 is 24.7 Å². The fraction of sp³-hybridized carbons (Fsp3) is 0.625. The van der Waals surface area contributed by atoms with Crippen LogP contribution in [0.5, 0.6) is 0 Å². The molecule has 0 saturated carbocycles. The lowest BCUT2D eigenvalue weighted by atomic mass is 10.1. The molecule has 0 aromatic rings. The molecule has 15 heavy (non-hydrogen) atoms. The predicted octanol–water partition coefficient (Wildman–Crippen LogP) is 1.33. The number of nitrogens with zero attached hydrogens (tertiary/aromatic N) is 1. The zero-order valence-electron chi connectivity index (χ0n) is 8.33. The van der Waals surface area contributed by atoms with Gasteiger partial charge in [0.05, 0.1) is 5.92 Å². The molecule has 0 radical (unpaired) electrons. The molecule has 1 unspecified atom stereocenters. The zero-order chi connectivity index (χ0) is 11.8. The van der Waals surface area contributed by atoms with E-state index in [9.17, 15) is 18.5 Å². The van der Waals surface area contributed by atoms with Crippen LogP contribution in [0.4, 0.5) is 8.87 Å². The van der Waals surface area contributed by atoms with E-state index in [2.05, 4.69) is 9.47 Å². The third-order valence-corrected chi connectivity index (χ3v) is 1.65. The first-order chi connectivity index (χ1) is 7.02. The molecule has 0 fully saturated rings. The van der Waals surface area contributed by atoms with Gasteiger partial charge in [0.25, 0.3) is 0 Å². The maximum Gasteiger partial charge on any atom is 0.392 e. The third-order valence-electron chi connectivity index (χ3n) is 1.65. The molecule has 0 heterocycles. The predicted molar refractivity (Wildman–Crippen MR) is 46.2 cm³/mol. The Bertz CT molecular complexity index is 267. The lowest BCUT2D eigenvalue weighted by Crippen LogP contribution is -2.20. The summed E-state index contributed by atoms with van der Waals surface area (Å²) >= 11 is 0. The molecule has 0 aliphatic rings. The first-order valence-corrected chi connectivity index (χ1v) is 4.21. The maximum atomic E-state index is 12.0. The summed E-state index contributed by atoms with van der Waals surface area (Å²) in [5, 5.41) is 1.47. The van der Waals surface area contributed by atoms with Crippen LogP contribution in [0.3, 0.4) is 0 Å². The van der Waals surface area contributed by atoms with Gasteiger partial charge in [-0.15, -0.1) is 0 Å². The lowest BCUT2D eigenvalue weighted by Gasteiger charge is -2.08. The van der Waals surface area contributed by atoms with Crippen molar-refractivity contribution in [1.82, 2.24) is 0 Å². The van der Waals surface area contributed by atoms with Gasteiger partial charge in [-0.3, -0.25) is 4.79 Å². The van der Waals surface area contributed by atoms with Gasteiger partial charge in [-0.2, -0.15) is 4.39 Å². The number of hydrogen-bond donors (Lipinski definition) is 0. The van der Waals surface area contributed by atoms with Gasteiger partial charge in [-0.1, -0.05) is 18.3 Å². The summed E-state index contributed by atoms with van der Waals surface area (Å²) in [5.74, 6) is -4.46. The second-order valence-electron chi connectivity index (χ2n) is 2.70. The maximum absolute atomic E-state index is 12.0. The molecular weight excluding hydrogens is 212 g/mol. The highest BCUT2D eigenvalue weighted by molar-refractivity contribution is 6.31. The first kappa shape index (κ1) is 13.5. The van der Waals surface area contributed by atoms with Crippen LogP contribution in [-0.2, 0) is 19.1 Å². The smallest absolute Gasteiger partial charge is 0.392 e. The quantitative estimate of drug-likeness (QED) is 0.400. The summed E-state index contributed by atoms with van der Waals surface area (Å²) in [6.07, 6.45) is 0.563. The normalized spacial score (nSPS) is 13.2. The summed E-state index contributed by atoms with van der Waals surface area (Å²) < 4.78 is 31.7. The third kappa shape index (κ3) is 5.04. The zero-order valence-corrected chi connectivity index (χ0v) is 8.33. The van der Waals surface area contributed by atoms with Crippen molar-refractivity contribution in [3.8, 4) is 0 Å². The molecule has 5 nitrogen and oxygen atoms in total. The number of esters is 2. The second kappa shape index (κ2) is 6.86. The van der Waals surface area contributed by atoms with E-state index in [1.165, 1.54) is 5.21 Å². The van der Waals surface area contributed by atoms with Gasteiger partial charge >= 0.3 is 17.9 Å². The topological polar surface area (TPSA) is 65.0 Å². The van der Waals surface area contributed by atoms with E-state index in [1.54, 1.807) is 13.8 Å². The molecule has 0 aliphatic carbocycles. The van der Waals surface area contributed by atoms with Crippen LogP contribution in [0.25, 0.3) is 0 Å². The SMILES string of the molecule is CCC(C)C(=O)OCOC(=O)/C(F)=N/F. The average molecular weight is 223 g/mol. The Balaban J connectivity index is 3.81. The largest absolute Gasteiger partial charge is 0.428 e. The molecule has 86 valence electrons. The van der Waals surface area contributed by atoms with Crippen LogP contribution in [0.1, 0.15) is 20.3 Å². The van der Waals surface area contributed by atoms with Gasteiger partial charge in [0.15, 0.2) is 0 Å². The Kier molecular flexibility index (Phi) is 6.16. The van der Waals surface area contributed by atoms with Crippen LogP contribution in [0.15, 0.2) is 5.21 Å². The summed E-state index contributed by atoms with van der Waals surface area (Å²) in [6, 6.07) is 0. The molecule has 0 aliphatic heterocycles. The van der Waals surface area contributed by atoms with E-state index in [0.29, 0.717) is 6.42 Å².